The van der Waals surface area contributed by atoms with Crippen molar-refractivity contribution in [1.29, 1.82) is 0 Å². The van der Waals surface area contributed by atoms with Gasteiger partial charge in [0.1, 0.15) is 11.3 Å². The van der Waals surface area contributed by atoms with Gasteiger partial charge in [-0.25, -0.2) is 0 Å². The Morgan fingerprint density at radius 1 is 1.33 bits per heavy atom. The molecule has 0 bridgehead atoms. The zero-order chi connectivity index (χ0) is 10.8. The molecule has 0 unspecified atom stereocenters. The summed E-state index contributed by atoms with van der Waals surface area (Å²) in [5, 5.41) is 1.19. The molecule has 2 nitrogen and oxygen atoms in total. The molecule has 78 valence electrons. The summed E-state index contributed by atoms with van der Waals surface area (Å²) in [6.07, 6.45) is 3.98. The summed E-state index contributed by atoms with van der Waals surface area (Å²) in [5.74, 6) is 0.991. The van der Waals surface area contributed by atoms with E-state index in [1.807, 2.05) is 31.2 Å². The molecule has 2 rings (SSSR count). The number of benzene rings is 1. The number of nitrogens with two attached hydrogens (primary N) is 1. The first kappa shape index (κ1) is 9.99. The minimum Gasteiger partial charge on any atom is -0.461 e. The maximum Gasteiger partial charge on any atom is 0.134 e. The molecule has 0 spiro atoms. The van der Waals surface area contributed by atoms with Crippen molar-refractivity contribution in [2.24, 2.45) is 5.73 Å². The van der Waals surface area contributed by atoms with Crippen LogP contribution in [0.1, 0.15) is 16.9 Å². The second-order valence-corrected chi connectivity index (χ2v) is 3.68. The highest BCUT2D eigenvalue weighted by atomic mass is 16.3. The van der Waals surface area contributed by atoms with Crippen molar-refractivity contribution in [2.75, 3.05) is 6.54 Å². The van der Waals surface area contributed by atoms with Gasteiger partial charge in [-0.1, -0.05) is 18.2 Å². The van der Waals surface area contributed by atoms with E-state index in [1.165, 1.54) is 10.9 Å². The smallest absolute Gasteiger partial charge is 0.134 e. The Morgan fingerprint density at radius 2 is 2.13 bits per heavy atom. The third-order valence-electron chi connectivity index (χ3n) is 2.65. The molecule has 0 amide bonds. The molecule has 15 heavy (non-hydrogen) atoms. The van der Waals surface area contributed by atoms with Crippen LogP contribution in [0.25, 0.3) is 17.0 Å². The van der Waals surface area contributed by atoms with Crippen LogP contribution in [0, 0.1) is 13.8 Å². The van der Waals surface area contributed by atoms with Gasteiger partial charge in [0.2, 0.25) is 0 Å². The van der Waals surface area contributed by atoms with Crippen molar-refractivity contribution in [2.45, 2.75) is 13.8 Å². The largest absolute Gasteiger partial charge is 0.461 e. The lowest BCUT2D eigenvalue weighted by molar-refractivity contribution is 0.575. The Kier molecular flexibility index (Phi) is 2.60. The highest BCUT2D eigenvalue weighted by Crippen LogP contribution is 2.25. The molecule has 0 radical (unpaired) electrons. The van der Waals surface area contributed by atoms with Gasteiger partial charge < -0.3 is 10.2 Å². The number of rotatable bonds is 2. The minimum atomic E-state index is 0.571. The molecule has 0 aliphatic rings. The van der Waals surface area contributed by atoms with Crippen molar-refractivity contribution >= 4 is 17.0 Å². The standard InChI is InChI=1S/C13H15NO/c1-9-10(2)15-13-6-5-11(4-3-7-14)8-12(9)13/h3-6,8H,7,14H2,1-2H3/b4-3+. The lowest BCUT2D eigenvalue weighted by Crippen LogP contribution is -1.91. The molecule has 1 aromatic heterocycles. The third kappa shape index (κ3) is 1.81. The summed E-state index contributed by atoms with van der Waals surface area (Å²) in [6.45, 7) is 4.64. The van der Waals surface area contributed by atoms with E-state index in [-0.39, 0.29) is 0 Å². The summed E-state index contributed by atoms with van der Waals surface area (Å²) >= 11 is 0. The van der Waals surface area contributed by atoms with Crippen LogP contribution in [0.4, 0.5) is 0 Å². The highest BCUT2D eigenvalue weighted by Gasteiger charge is 2.05. The van der Waals surface area contributed by atoms with E-state index in [9.17, 15) is 0 Å². The fourth-order valence-electron chi connectivity index (χ4n) is 1.67. The van der Waals surface area contributed by atoms with Crippen molar-refractivity contribution in [3.05, 3.63) is 41.2 Å². The predicted molar refractivity (Wildman–Crippen MR) is 63.8 cm³/mol. The summed E-state index contributed by atoms with van der Waals surface area (Å²) in [7, 11) is 0. The van der Waals surface area contributed by atoms with E-state index < -0.39 is 0 Å². The number of aryl methyl sites for hydroxylation is 2. The van der Waals surface area contributed by atoms with Crippen LogP contribution in [0.3, 0.4) is 0 Å². The Labute approximate surface area is 89.4 Å². The SMILES string of the molecule is Cc1oc2ccc(/C=C/CN)cc2c1C. The number of hydrogen-bond donors (Lipinski definition) is 1. The van der Waals surface area contributed by atoms with Gasteiger partial charge in [0.05, 0.1) is 0 Å². The average molecular weight is 201 g/mol. The highest BCUT2D eigenvalue weighted by molar-refractivity contribution is 5.84. The lowest BCUT2D eigenvalue weighted by Gasteiger charge is -1.94. The minimum absolute atomic E-state index is 0.571. The molecule has 1 aromatic carbocycles. The van der Waals surface area contributed by atoms with Crippen LogP contribution in [-0.2, 0) is 0 Å². The van der Waals surface area contributed by atoms with E-state index in [2.05, 4.69) is 13.0 Å². The zero-order valence-electron chi connectivity index (χ0n) is 9.08. The number of fused-ring (bicyclic) bond motifs is 1. The van der Waals surface area contributed by atoms with E-state index in [1.54, 1.807) is 0 Å². The second-order valence-electron chi connectivity index (χ2n) is 3.68. The van der Waals surface area contributed by atoms with E-state index in [0.717, 1.165) is 16.9 Å². The average Bonchev–Trinajstić information content (AvgIpc) is 2.52. The van der Waals surface area contributed by atoms with Crippen LogP contribution in [0.15, 0.2) is 28.7 Å². The molecular weight excluding hydrogens is 186 g/mol. The third-order valence-corrected chi connectivity index (χ3v) is 2.65. The van der Waals surface area contributed by atoms with Crippen LogP contribution >= 0.6 is 0 Å². The van der Waals surface area contributed by atoms with Crippen LogP contribution in [0.5, 0.6) is 0 Å². The summed E-state index contributed by atoms with van der Waals surface area (Å²) in [4.78, 5) is 0. The quantitative estimate of drug-likeness (QED) is 0.811. The lowest BCUT2D eigenvalue weighted by atomic mass is 10.1. The Hall–Kier alpha value is -1.54. The van der Waals surface area contributed by atoms with Gasteiger partial charge in [-0.3, -0.25) is 0 Å². The molecule has 0 aliphatic heterocycles. The van der Waals surface area contributed by atoms with Gasteiger partial charge in [-0.05, 0) is 37.1 Å². The van der Waals surface area contributed by atoms with Crippen molar-refractivity contribution in [3.8, 4) is 0 Å². The molecule has 0 saturated heterocycles. The van der Waals surface area contributed by atoms with E-state index in [4.69, 9.17) is 10.2 Å². The summed E-state index contributed by atoms with van der Waals surface area (Å²) in [6, 6.07) is 6.18. The molecule has 1 heterocycles. The van der Waals surface area contributed by atoms with Gasteiger partial charge in [0.15, 0.2) is 0 Å². The number of hydrogen-bond acceptors (Lipinski definition) is 2. The first-order chi connectivity index (χ1) is 7.22. The van der Waals surface area contributed by atoms with Crippen LogP contribution in [0.2, 0.25) is 0 Å². The van der Waals surface area contributed by atoms with Gasteiger partial charge in [0, 0.05) is 11.9 Å². The van der Waals surface area contributed by atoms with Gasteiger partial charge in [0.25, 0.3) is 0 Å². The van der Waals surface area contributed by atoms with Crippen molar-refractivity contribution in [3.63, 3.8) is 0 Å². The normalized spacial score (nSPS) is 11.7. The van der Waals surface area contributed by atoms with Gasteiger partial charge in [-0.2, -0.15) is 0 Å². The molecule has 2 aromatic rings. The summed E-state index contributed by atoms with van der Waals surface area (Å²) < 4.78 is 5.61. The van der Waals surface area contributed by atoms with Crippen molar-refractivity contribution < 1.29 is 4.42 Å². The first-order valence-corrected chi connectivity index (χ1v) is 5.08. The second kappa shape index (κ2) is 3.91. The van der Waals surface area contributed by atoms with E-state index in [0.29, 0.717) is 6.54 Å². The van der Waals surface area contributed by atoms with Crippen LogP contribution < -0.4 is 5.73 Å². The predicted octanol–water partition coefficient (Wildman–Crippen LogP) is 3.02. The number of furan rings is 1. The van der Waals surface area contributed by atoms with Gasteiger partial charge in [-0.15, -0.1) is 0 Å². The summed E-state index contributed by atoms with van der Waals surface area (Å²) in [5.41, 5.74) is 8.75. The van der Waals surface area contributed by atoms with Crippen LogP contribution in [-0.4, -0.2) is 6.54 Å². The molecule has 0 aliphatic carbocycles. The molecule has 2 heteroatoms. The first-order valence-electron chi connectivity index (χ1n) is 5.08. The monoisotopic (exact) mass is 201 g/mol. The Morgan fingerprint density at radius 3 is 2.87 bits per heavy atom. The molecule has 0 atom stereocenters. The maximum atomic E-state index is 5.61. The topological polar surface area (TPSA) is 39.2 Å². The van der Waals surface area contributed by atoms with Crippen molar-refractivity contribution in [1.82, 2.24) is 0 Å². The fraction of sp³-hybridized carbons (Fsp3) is 0.231. The van der Waals surface area contributed by atoms with Gasteiger partial charge >= 0.3 is 0 Å². The molecule has 2 N–H and O–H groups in total. The fourth-order valence-corrected chi connectivity index (χ4v) is 1.67. The molecule has 0 fully saturated rings. The molecule has 0 saturated carbocycles. The molecular formula is C13H15NO. The van der Waals surface area contributed by atoms with E-state index >= 15 is 0 Å². The maximum absolute atomic E-state index is 5.61. The Bertz CT molecular complexity index is 508. The Balaban J connectivity index is 2.54. The zero-order valence-corrected chi connectivity index (χ0v) is 9.08.